The number of tetrazole rings is 1. The number of carbonyl (C=O) groups excluding carboxylic acids is 3. The molecule has 3 aliphatic rings. The average Bonchev–Trinajstić information content (AvgIpc) is 3.52. The average molecular weight is 698 g/mol. The predicted molar refractivity (Wildman–Crippen MR) is 193 cm³/mol. The molecule has 13 heteroatoms. The van der Waals surface area contributed by atoms with Gasteiger partial charge in [-0.1, -0.05) is 30.3 Å². The van der Waals surface area contributed by atoms with Crippen molar-refractivity contribution in [3.05, 3.63) is 83.4 Å². The molecule has 12 nitrogen and oxygen atoms in total. The standard InChI is InChI=1S/C37H43N9O3.ClH/c1-21-16-27(36(48)42-33-30-19-39-20-31(30)33)12-15-29(21)24-6-2-22(3-7-24)17-32(41-35(47)26-8-4-23(18-38)5-9-26)37(49)40-28-13-10-25(11-14-28)34-43-45-46-44-34;/h2-3,6-7,10-16,23,26,30-33,39H,4-5,8-9,17-20,38H2,1H3,(H,40,49)(H,41,47)(H,42,48)(H,43,44,45,46);1H/t23?,26?,30?,31?,32-,33?;/m0./s1. The number of aryl methyl sites for hydroxylation is 1. The zero-order valence-electron chi connectivity index (χ0n) is 28.0. The highest BCUT2D eigenvalue weighted by atomic mass is 35.5. The van der Waals surface area contributed by atoms with E-state index in [0.717, 1.165) is 66.6 Å². The topological polar surface area (TPSA) is 180 Å². The maximum Gasteiger partial charge on any atom is 0.251 e. The highest BCUT2D eigenvalue weighted by Crippen LogP contribution is 2.41. The van der Waals surface area contributed by atoms with E-state index in [2.05, 4.69) is 41.9 Å². The van der Waals surface area contributed by atoms with Crippen LogP contribution >= 0.6 is 12.4 Å². The summed E-state index contributed by atoms with van der Waals surface area (Å²) in [5.41, 5.74) is 11.9. The van der Waals surface area contributed by atoms with Crippen LogP contribution in [0.2, 0.25) is 0 Å². The second-order valence-electron chi connectivity index (χ2n) is 13.7. The monoisotopic (exact) mass is 697 g/mol. The summed E-state index contributed by atoms with van der Waals surface area (Å²) < 4.78 is 0. The van der Waals surface area contributed by atoms with Gasteiger partial charge >= 0.3 is 0 Å². The lowest BCUT2D eigenvalue weighted by Gasteiger charge is -2.28. The second kappa shape index (κ2) is 15.5. The number of amides is 3. The summed E-state index contributed by atoms with van der Waals surface area (Å²) in [5.74, 6) is 1.49. The number of aromatic nitrogens is 4. The van der Waals surface area contributed by atoms with Crippen molar-refractivity contribution in [2.45, 2.75) is 51.1 Å². The van der Waals surface area contributed by atoms with E-state index in [1.165, 1.54) is 0 Å². The van der Waals surface area contributed by atoms with Crippen LogP contribution in [0.5, 0.6) is 0 Å². The molecule has 3 fully saturated rings. The van der Waals surface area contributed by atoms with Gasteiger partial charge in [0.05, 0.1) is 0 Å². The molecule has 2 heterocycles. The van der Waals surface area contributed by atoms with Crippen LogP contribution in [0.25, 0.3) is 22.5 Å². The van der Waals surface area contributed by atoms with Gasteiger partial charge in [-0.15, -0.1) is 22.6 Å². The number of nitrogens with zero attached hydrogens (tertiary/aromatic N) is 3. The van der Waals surface area contributed by atoms with Gasteiger partial charge in [0, 0.05) is 48.3 Å². The van der Waals surface area contributed by atoms with Gasteiger partial charge in [0.15, 0.2) is 0 Å². The molecule has 7 N–H and O–H groups in total. The first-order chi connectivity index (χ1) is 23.9. The molecule has 3 amide bonds. The first-order valence-corrected chi connectivity index (χ1v) is 17.2. The number of hydrogen-bond acceptors (Lipinski definition) is 8. The van der Waals surface area contributed by atoms with Crippen molar-refractivity contribution in [3.8, 4) is 22.5 Å². The van der Waals surface area contributed by atoms with Crippen molar-refractivity contribution >= 4 is 35.8 Å². The van der Waals surface area contributed by atoms with E-state index in [1.54, 1.807) is 24.3 Å². The number of aromatic amines is 1. The van der Waals surface area contributed by atoms with Crippen LogP contribution in [0, 0.1) is 30.6 Å². The van der Waals surface area contributed by atoms with Crippen LogP contribution in [-0.2, 0) is 16.0 Å². The van der Waals surface area contributed by atoms with Crippen LogP contribution in [0.3, 0.4) is 0 Å². The molecule has 262 valence electrons. The highest BCUT2D eigenvalue weighted by Gasteiger charge is 2.53. The molecule has 4 aromatic rings. The second-order valence-corrected chi connectivity index (χ2v) is 13.7. The summed E-state index contributed by atoms with van der Waals surface area (Å²) in [5, 5.41) is 26.6. The van der Waals surface area contributed by atoms with Gasteiger partial charge in [-0.25, -0.2) is 0 Å². The summed E-state index contributed by atoms with van der Waals surface area (Å²) in [6.45, 7) is 4.62. The van der Waals surface area contributed by atoms with Gasteiger partial charge in [-0.2, -0.15) is 5.21 Å². The van der Waals surface area contributed by atoms with E-state index in [-0.39, 0.29) is 42.1 Å². The highest BCUT2D eigenvalue weighted by molar-refractivity contribution is 5.98. The summed E-state index contributed by atoms with van der Waals surface area (Å²) in [4.78, 5) is 40.0. The molecule has 2 unspecified atom stereocenters. The normalized spacial score (nSPS) is 22.8. The number of fused-ring (bicyclic) bond motifs is 1. The minimum atomic E-state index is -0.774. The Labute approximate surface area is 297 Å². The fourth-order valence-electron chi connectivity index (χ4n) is 7.43. The predicted octanol–water partition coefficient (Wildman–Crippen LogP) is 3.64. The number of nitrogens with one attached hydrogen (secondary N) is 5. The molecule has 3 aromatic carbocycles. The number of piperidine rings is 1. The maximum atomic E-state index is 13.7. The van der Waals surface area contributed by atoms with Crippen LogP contribution < -0.4 is 27.0 Å². The van der Waals surface area contributed by atoms with Gasteiger partial charge in [0.1, 0.15) is 6.04 Å². The molecular weight excluding hydrogens is 654 g/mol. The van der Waals surface area contributed by atoms with Gasteiger partial charge in [0.2, 0.25) is 17.6 Å². The van der Waals surface area contributed by atoms with Gasteiger partial charge in [-0.05, 0) is 121 Å². The lowest BCUT2D eigenvalue weighted by atomic mass is 9.81. The van der Waals surface area contributed by atoms with E-state index < -0.39 is 6.04 Å². The number of hydrogen-bond donors (Lipinski definition) is 6. The Morgan fingerprint density at radius 1 is 0.920 bits per heavy atom. The minimum absolute atomic E-state index is 0. The van der Waals surface area contributed by atoms with Crippen molar-refractivity contribution in [1.82, 2.24) is 36.6 Å². The Balaban J connectivity index is 0.00000432. The maximum absolute atomic E-state index is 13.7. The summed E-state index contributed by atoms with van der Waals surface area (Å²) in [6, 6.07) is 20.5. The van der Waals surface area contributed by atoms with Crippen molar-refractivity contribution in [2.24, 2.45) is 29.4 Å². The van der Waals surface area contributed by atoms with E-state index in [9.17, 15) is 14.4 Å². The third kappa shape index (κ3) is 7.88. The number of anilines is 1. The van der Waals surface area contributed by atoms with Crippen LogP contribution in [0.15, 0.2) is 66.7 Å². The number of rotatable bonds is 11. The van der Waals surface area contributed by atoms with Crippen LogP contribution in [0.4, 0.5) is 5.69 Å². The third-order valence-corrected chi connectivity index (χ3v) is 10.5. The number of halogens is 1. The first-order valence-electron chi connectivity index (χ1n) is 17.2. The summed E-state index contributed by atoms with van der Waals surface area (Å²) in [6.07, 6.45) is 3.71. The smallest absolute Gasteiger partial charge is 0.251 e. The van der Waals surface area contributed by atoms with Gasteiger partial charge in [-0.3, -0.25) is 14.4 Å². The van der Waals surface area contributed by atoms with Gasteiger partial charge < -0.3 is 27.0 Å². The summed E-state index contributed by atoms with van der Waals surface area (Å²) in [7, 11) is 0. The number of nitrogens with two attached hydrogens (primary N) is 1. The first kappa shape index (κ1) is 35.2. The van der Waals surface area contributed by atoms with Crippen molar-refractivity contribution in [1.29, 1.82) is 0 Å². The molecule has 3 atom stereocenters. The van der Waals surface area contributed by atoms with Crippen molar-refractivity contribution in [2.75, 3.05) is 25.0 Å². The molecule has 7 rings (SSSR count). The quantitative estimate of drug-likeness (QED) is 0.137. The Bertz CT molecular complexity index is 1780. The number of benzene rings is 3. The fraction of sp³-hybridized carbons (Fsp3) is 0.405. The molecule has 50 heavy (non-hydrogen) atoms. The molecular formula is C37H44ClN9O3. The Morgan fingerprint density at radius 2 is 1.62 bits per heavy atom. The van der Waals surface area contributed by atoms with Crippen LogP contribution in [-0.4, -0.2) is 70.1 Å². The fourth-order valence-corrected chi connectivity index (χ4v) is 7.43. The molecule has 1 saturated heterocycles. The number of H-pyrrole nitrogens is 1. The Kier molecular flexibility index (Phi) is 10.9. The zero-order valence-corrected chi connectivity index (χ0v) is 28.8. The SMILES string of the molecule is Cc1cc(C(=O)NC2C3CNCC32)ccc1-c1ccc(C[C@H](NC(=O)C2CCC(CN)CC2)C(=O)Nc2ccc(-c3nn[nH]n3)cc2)cc1.Cl. The lowest BCUT2D eigenvalue weighted by molar-refractivity contribution is -0.130. The van der Waals surface area contributed by atoms with E-state index in [4.69, 9.17) is 5.73 Å². The Morgan fingerprint density at radius 3 is 2.26 bits per heavy atom. The minimum Gasteiger partial charge on any atom is -0.349 e. The molecule has 1 aliphatic heterocycles. The van der Waals surface area contributed by atoms with E-state index in [1.807, 2.05) is 49.4 Å². The van der Waals surface area contributed by atoms with E-state index in [0.29, 0.717) is 47.8 Å². The largest absolute Gasteiger partial charge is 0.349 e. The molecule has 0 spiro atoms. The molecule has 0 bridgehead atoms. The van der Waals surface area contributed by atoms with Crippen molar-refractivity contribution < 1.29 is 14.4 Å². The molecule has 2 saturated carbocycles. The van der Waals surface area contributed by atoms with Crippen LogP contribution in [0.1, 0.15) is 47.2 Å². The molecule has 0 radical (unpaired) electrons. The van der Waals surface area contributed by atoms with Crippen molar-refractivity contribution in [3.63, 3.8) is 0 Å². The Hall–Kier alpha value is -4.65. The zero-order chi connectivity index (χ0) is 33.9. The third-order valence-electron chi connectivity index (χ3n) is 10.5. The van der Waals surface area contributed by atoms with E-state index >= 15 is 0 Å². The molecule has 1 aromatic heterocycles. The molecule has 2 aliphatic carbocycles. The van der Waals surface area contributed by atoms with Gasteiger partial charge in [0.25, 0.3) is 5.91 Å². The summed E-state index contributed by atoms with van der Waals surface area (Å²) >= 11 is 0. The number of carbonyl (C=O) groups is 3. The lowest BCUT2D eigenvalue weighted by Crippen LogP contribution is -2.48.